The minimum atomic E-state index is -0.0137. The molecule has 0 radical (unpaired) electrons. The maximum atomic E-state index is 6.22. The Morgan fingerprint density at radius 1 is 1.39 bits per heavy atom. The Kier molecular flexibility index (Phi) is 3.99. The van der Waals surface area contributed by atoms with E-state index in [-0.39, 0.29) is 6.04 Å². The van der Waals surface area contributed by atoms with E-state index in [1.54, 1.807) is 18.4 Å². The van der Waals surface area contributed by atoms with Gasteiger partial charge in [0.25, 0.3) is 0 Å². The van der Waals surface area contributed by atoms with Crippen LogP contribution >= 0.6 is 11.3 Å². The van der Waals surface area contributed by atoms with Gasteiger partial charge in [-0.25, -0.2) is 4.98 Å². The number of aromatic nitrogens is 1. The third-order valence-corrected chi connectivity index (χ3v) is 3.85. The minimum Gasteiger partial charge on any atom is -0.496 e. The lowest BCUT2D eigenvalue weighted by atomic mass is 10.0. The molecule has 1 aromatic carbocycles. The van der Waals surface area contributed by atoms with E-state index in [0.717, 1.165) is 28.3 Å². The molecule has 0 amide bonds. The van der Waals surface area contributed by atoms with Crippen molar-refractivity contribution in [2.45, 2.75) is 26.3 Å². The first kappa shape index (κ1) is 13.1. The zero-order chi connectivity index (χ0) is 13.1. The molecule has 1 atom stereocenters. The number of rotatable bonds is 4. The third-order valence-electron chi connectivity index (χ3n) is 2.91. The lowest BCUT2D eigenvalue weighted by molar-refractivity contribution is 0.411. The summed E-state index contributed by atoms with van der Waals surface area (Å²) in [6.07, 6.45) is 2.68. The molecular formula is C14H18N2OS. The standard InChI is InChI=1S/C14H18N2OS/c1-9-6-11(4-5-13(9)17-3)12(15)7-14-16-8-10(2)18-14/h4-6,8,12H,7,15H2,1-3H3. The monoisotopic (exact) mass is 262 g/mol. The number of benzene rings is 1. The fourth-order valence-corrected chi connectivity index (χ4v) is 2.78. The quantitative estimate of drug-likeness (QED) is 0.921. The number of thiazole rings is 1. The van der Waals surface area contributed by atoms with Crippen molar-refractivity contribution in [3.8, 4) is 5.75 Å². The van der Waals surface area contributed by atoms with Gasteiger partial charge in [-0.05, 0) is 31.0 Å². The van der Waals surface area contributed by atoms with E-state index in [2.05, 4.69) is 18.0 Å². The van der Waals surface area contributed by atoms with Crippen LogP contribution in [0, 0.1) is 13.8 Å². The molecule has 0 saturated carbocycles. The van der Waals surface area contributed by atoms with Crippen molar-refractivity contribution < 1.29 is 4.74 Å². The predicted octanol–water partition coefficient (Wildman–Crippen LogP) is 3.01. The molecule has 0 saturated heterocycles. The van der Waals surface area contributed by atoms with Crippen LogP contribution in [0.1, 0.15) is 27.1 Å². The molecule has 18 heavy (non-hydrogen) atoms. The van der Waals surface area contributed by atoms with Crippen molar-refractivity contribution in [1.29, 1.82) is 0 Å². The Labute approximate surface area is 112 Å². The van der Waals surface area contributed by atoms with Crippen LogP contribution < -0.4 is 10.5 Å². The van der Waals surface area contributed by atoms with Gasteiger partial charge >= 0.3 is 0 Å². The van der Waals surface area contributed by atoms with Crippen molar-refractivity contribution in [1.82, 2.24) is 4.98 Å². The van der Waals surface area contributed by atoms with Gasteiger partial charge in [-0.3, -0.25) is 0 Å². The summed E-state index contributed by atoms with van der Waals surface area (Å²) in [5.41, 5.74) is 8.46. The van der Waals surface area contributed by atoms with Crippen molar-refractivity contribution in [3.63, 3.8) is 0 Å². The molecule has 1 aromatic heterocycles. The molecular weight excluding hydrogens is 244 g/mol. The van der Waals surface area contributed by atoms with E-state index < -0.39 is 0 Å². The minimum absolute atomic E-state index is 0.0137. The van der Waals surface area contributed by atoms with Crippen molar-refractivity contribution in [3.05, 3.63) is 45.4 Å². The molecule has 0 aliphatic rings. The topological polar surface area (TPSA) is 48.1 Å². The summed E-state index contributed by atoms with van der Waals surface area (Å²) in [7, 11) is 1.68. The van der Waals surface area contributed by atoms with E-state index >= 15 is 0 Å². The molecule has 0 aliphatic carbocycles. The van der Waals surface area contributed by atoms with Gasteiger partial charge in [0.05, 0.1) is 12.1 Å². The Morgan fingerprint density at radius 2 is 2.17 bits per heavy atom. The number of aryl methyl sites for hydroxylation is 2. The molecule has 96 valence electrons. The van der Waals surface area contributed by atoms with Crippen molar-refractivity contribution in [2.24, 2.45) is 5.73 Å². The average Bonchev–Trinajstić information content (AvgIpc) is 2.74. The summed E-state index contributed by atoms with van der Waals surface area (Å²) in [4.78, 5) is 5.58. The molecule has 0 fully saturated rings. The summed E-state index contributed by atoms with van der Waals surface area (Å²) in [6, 6.07) is 6.07. The fourth-order valence-electron chi connectivity index (χ4n) is 1.93. The van der Waals surface area contributed by atoms with Gasteiger partial charge in [0.1, 0.15) is 5.75 Å². The highest BCUT2D eigenvalue weighted by atomic mass is 32.1. The smallest absolute Gasteiger partial charge is 0.121 e. The molecule has 4 heteroatoms. The largest absolute Gasteiger partial charge is 0.496 e. The van der Waals surface area contributed by atoms with Gasteiger partial charge in [-0.15, -0.1) is 11.3 Å². The van der Waals surface area contributed by atoms with E-state index in [9.17, 15) is 0 Å². The zero-order valence-electron chi connectivity index (χ0n) is 10.9. The summed E-state index contributed by atoms with van der Waals surface area (Å²) in [5, 5.41) is 1.09. The second kappa shape index (κ2) is 5.50. The number of nitrogens with zero attached hydrogens (tertiary/aromatic N) is 1. The van der Waals surface area contributed by atoms with Crippen LogP contribution in [-0.2, 0) is 6.42 Å². The van der Waals surface area contributed by atoms with E-state index in [1.807, 2.05) is 25.3 Å². The highest BCUT2D eigenvalue weighted by Crippen LogP contribution is 2.24. The molecule has 2 rings (SSSR count). The van der Waals surface area contributed by atoms with Gasteiger partial charge in [-0.1, -0.05) is 12.1 Å². The van der Waals surface area contributed by atoms with E-state index in [1.165, 1.54) is 4.88 Å². The Morgan fingerprint density at radius 3 is 2.72 bits per heavy atom. The van der Waals surface area contributed by atoms with Crippen LogP contribution in [-0.4, -0.2) is 12.1 Å². The SMILES string of the molecule is COc1ccc(C(N)Cc2ncc(C)s2)cc1C. The summed E-state index contributed by atoms with van der Waals surface area (Å²) < 4.78 is 5.25. The number of nitrogens with two attached hydrogens (primary N) is 1. The first-order valence-corrected chi connectivity index (χ1v) is 6.73. The first-order chi connectivity index (χ1) is 8.60. The number of hydrogen-bond donors (Lipinski definition) is 1. The van der Waals surface area contributed by atoms with Crippen molar-refractivity contribution >= 4 is 11.3 Å². The van der Waals surface area contributed by atoms with Gasteiger partial charge in [0.2, 0.25) is 0 Å². The van der Waals surface area contributed by atoms with Crippen LogP contribution in [0.15, 0.2) is 24.4 Å². The van der Waals surface area contributed by atoms with Gasteiger partial charge in [-0.2, -0.15) is 0 Å². The predicted molar refractivity (Wildman–Crippen MR) is 75.2 cm³/mol. The maximum Gasteiger partial charge on any atom is 0.121 e. The van der Waals surface area contributed by atoms with Crippen molar-refractivity contribution in [2.75, 3.05) is 7.11 Å². The molecule has 0 bridgehead atoms. The van der Waals surface area contributed by atoms with Crippen LogP contribution in [0.3, 0.4) is 0 Å². The van der Waals surface area contributed by atoms with E-state index in [0.29, 0.717) is 0 Å². The molecule has 0 spiro atoms. The number of hydrogen-bond acceptors (Lipinski definition) is 4. The van der Waals surface area contributed by atoms with Crippen LogP contribution in [0.25, 0.3) is 0 Å². The van der Waals surface area contributed by atoms with Gasteiger partial charge < -0.3 is 10.5 Å². The lowest BCUT2D eigenvalue weighted by Gasteiger charge is -2.13. The zero-order valence-corrected chi connectivity index (χ0v) is 11.8. The molecule has 1 heterocycles. The second-order valence-corrected chi connectivity index (χ2v) is 5.72. The summed E-state index contributed by atoms with van der Waals surface area (Å²) in [5.74, 6) is 0.899. The molecule has 2 aromatic rings. The Hall–Kier alpha value is -1.39. The van der Waals surface area contributed by atoms with Crippen LogP contribution in [0.5, 0.6) is 5.75 Å². The highest BCUT2D eigenvalue weighted by molar-refractivity contribution is 7.11. The molecule has 1 unspecified atom stereocenters. The maximum absolute atomic E-state index is 6.22. The average molecular weight is 262 g/mol. The normalized spacial score (nSPS) is 12.4. The molecule has 3 nitrogen and oxygen atoms in total. The van der Waals surface area contributed by atoms with Gasteiger partial charge in [0.15, 0.2) is 0 Å². The Bertz CT molecular complexity index is 536. The van der Waals surface area contributed by atoms with Crippen LogP contribution in [0.4, 0.5) is 0 Å². The summed E-state index contributed by atoms with van der Waals surface area (Å²) >= 11 is 1.71. The molecule has 0 aliphatic heterocycles. The summed E-state index contributed by atoms with van der Waals surface area (Å²) in [6.45, 7) is 4.09. The first-order valence-electron chi connectivity index (χ1n) is 5.91. The molecule has 2 N–H and O–H groups in total. The van der Waals surface area contributed by atoms with Crippen LogP contribution in [0.2, 0.25) is 0 Å². The second-order valence-electron chi connectivity index (χ2n) is 4.40. The number of methoxy groups -OCH3 is 1. The third kappa shape index (κ3) is 2.89. The Balaban J connectivity index is 2.13. The van der Waals surface area contributed by atoms with Gasteiger partial charge in [0, 0.05) is 23.5 Å². The highest BCUT2D eigenvalue weighted by Gasteiger charge is 2.11. The fraction of sp³-hybridized carbons (Fsp3) is 0.357. The lowest BCUT2D eigenvalue weighted by Crippen LogP contribution is -2.13. The number of ether oxygens (including phenoxy) is 1. The van der Waals surface area contributed by atoms with E-state index in [4.69, 9.17) is 10.5 Å².